The fourth-order valence-corrected chi connectivity index (χ4v) is 3.73. The number of rotatable bonds is 3. The molecule has 0 aliphatic carbocycles. The number of nitriles is 1. The van der Waals surface area contributed by atoms with Crippen LogP contribution in [0, 0.1) is 25.2 Å². The first-order valence-electron chi connectivity index (χ1n) is 6.19. The van der Waals surface area contributed by atoms with Gasteiger partial charge in [-0.3, -0.25) is 0 Å². The largest absolute Gasteiger partial charge is 0.240 e. The highest BCUT2D eigenvalue weighted by molar-refractivity contribution is 7.90. The molecule has 0 unspecified atom stereocenters. The van der Waals surface area contributed by atoms with Gasteiger partial charge in [-0.2, -0.15) is 5.26 Å². The predicted octanol–water partition coefficient (Wildman–Crippen LogP) is 3.20. The molecular formula is C15H13ClN2O2S. The first-order valence-corrected chi connectivity index (χ1v) is 8.22. The second-order valence-corrected chi connectivity index (χ2v) is 7.10. The summed E-state index contributed by atoms with van der Waals surface area (Å²) in [6.07, 6.45) is 0. The quantitative estimate of drug-likeness (QED) is 0.870. The van der Waals surface area contributed by atoms with E-state index in [1.807, 2.05) is 6.07 Å². The van der Waals surface area contributed by atoms with Crippen LogP contribution < -0.4 is 0 Å². The van der Waals surface area contributed by atoms with Crippen LogP contribution in [0.25, 0.3) is 0 Å². The highest BCUT2D eigenvalue weighted by Gasteiger charge is 2.23. The number of hydrogen-bond acceptors (Lipinski definition) is 4. The van der Waals surface area contributed by atoms with Gasteiger partial charge >= 0.3 is 0 Å². The maximum absolute atomic E-state index is 12.5. The van der Waals surface area contributed by atoms with Gasteiger partial charge in [0.05, 0.1) is 11.3 Å². The van der Waals surface area contributed by atoms with Gasteiger partial charge in [-0.25, -0.2) is 13.4 Å². The number of benzene rings is 1. The summed E-state index contributed by atoms with van der Waals surface area (Å²) in [5.41, 5.74) is 1.89. The molecule has 2 aromatic rings. The Kier molecular flexibility index (Phi) is 4.31. The number of aromatic nitrogens is 1. The topological polar surface area (TPSA) is 70.8 Å². The zero-order valence-corrected chi connectivity index (χ0v) is 13.2. The second kappa shape index (κ2) is 5.84. The van der Waals surface area contributed by atoms with Crippen molar-refractivity contribution in [1.82, 2.24) is 4.98 Å². The van der Waals surface area contributed by atoms with Gasteiger partial charge in [0.2, 0.25) is 9.84 Å². The van der Waals surface area contributed by atoms with E-state index in [0.717, 1.165) is 0 Å². The molecule has 108 valence electrons. The standard InChI is InChI=1S/C15H13ClN2O2S/c1-10-7-11(2)18-15(14(10)8-17)21(19,20)9-12-3-5-13(16)6-4-12/h3-7H,9H2,1-2H3. The Labute approximate surface area is 128 Å². The van der Waals surface area contributed by atoms with Gasteiger partial charge < -0.3 is 0 Å². The molecule has 0 fully saturated rings. The van der Waals surface area contributed by atoms with Gasteiger partial charge in [0.15, 0.2) is 5.03 Å². The van der Waals surface area contributed by atoms with E-state index in [2.05, 4.69) is 4.98 Å². The molecule has 0 bridgehead atoms. The van der Waals surface area contributed by atoms with Gasteiger partial charge in [0.25, 0.3) is 0 Å². The average Bonchev–Trinajstić information content (AvgIpc) is 2.40. The molecule has 21 heavy (non-hydrogen) atoms. The molecule has 6 heteroatoms. The Balaban J connectivity index is 2.50. The van der Waals surface area contributed by atoms with E-state index in [9.17, 15) is 13.7 Å². The molecule has 0 saturated heterocycles. The van der Waals surface area contributed by atoms with Crippen LogP contribution in [0.15, 0.2) is 35.4 Å². The van der Waals surface area contributed by atoms with Crippen LogP contribution in [0.3, 0.4) is 0 Å². The molecular weight excluding hydrogens is 308 g/mol. The summed E-state index contributed by atoms with van der Waals surface area (Å²) in [7, 11) is -3.69. The lowest BCUT2D eigenvalue weighted by Crippen LogP contribution is -2.11. The lowest BCUT2D eigenvalue weighted by atomic mass is 10.1. The minimum atomic E-state index is -3.69. The summed E-state index contributed by atoms with van der Waals surface area (Å²) in [5, 5.41) is 9.57. The molecule has 1 aromatic carbocycles. The van der Waals surface area contributed by atoms with E-state index in [0.29, 0.717) is 21.8 Å². The average molecular weight is 321 g/mol. The Bertz CT molecular complexity index is 822. The van der Waals surface area contributed by atoms with Crippen molar-refractivity contribution < 1.29 is 8.42 Å². The monoisotopic (exact) mass is 320 g/mol. The van der Waals surface area contributed by atoms with Crippen molar-refractivity contribution >= 4 is 21.4 Å². The van der Waals surface area contributed by atoms with E-state index in [-0.39, 0.29) is 16.3 Å². The van der Waals surface area contributed by atoms with Gasteiger partial charge in [-0.05, 0) is 43.2 Å². The molecule has 0 N–H and O–H groups in total. The van der Waals surface area contributed by atoms with Crippen molar-refractivity contribution in [3.63, 3.8) is 0 Å². The van der Waals surface area contributed by atoms with E-state index in [1.54, 1.807) is 44.2 Å². The molecule has 0 atom stereocenters. The predicted molar refractivity (Wildman–Crippen MR) is 80.8 cm³/mol. The van der Waals surface area contributed by atoms with Crippen molar-refractivity contribution in [3.8, 4) is 6.07 Å². The van der Waals surface area contributed by atoms with Crippen molar-refractivity contribution in [3.05, 3.63) is 57.7 Å². The van der Waals surface area contributed by atoms with E-state index in [1.165, 1.54) is 0 Å². The summed E-state index contributed by atoms with van der Waals surface area (Å²) in [5.74, 6) is -0.214. The second-order valence-electron chi connectivity index (χ2n) is 4.76. The zero-order chi connectivity index (χ0) is 15.6. The van der Waals surface area contributed by atoms with Crippen LogP contribution in [0.1, 0.15) is 22.4 Å². The Morgan fingerprint density at radius 1 is 1.24 bits per heavy atom. The summed E-state index contributed by atoms with van der Waals surface area (Å²) in [6, 6.07) is 10.2. The maximum atomic E-state index is 12.5. The molecule has 1 aromatic heterocycles. The highest BCUT2D eigenvalue weighted by Crippen LogP contribution is 2.22. The molecule has 1 heterocycles. The maximum Gasteiger partial charge on any atom is 0.201 e. The minimum absolute atomic E-state index is 0.106. The van der Waals surface area contributed by atoms with Crippen molar-refractivity contribution in [1.29, 1.82) is 5.26 Å². The van der Waals surface area contributed by atoms with Gasteiger partial charge in [-0.1, -0.05) is 23.7 Å². The number of hydrogen-bond donors (Lipinski definition) is 0. The molecule has 0 aliphatic heterocycles. The van der Waals surface area contributed by atoms with E-state index < -0.39 is 9.84 Å². The van der Waals surface area contributed by atoms with Crippen LogP contribution in [0.2, 0.25) is 5.02 Å². The number of pyridine rings is 1. The lowest BCUT2D eigenvalue weighted by Gasteiger charge is -2.09. The smallest absolute Gasteiger partial charge is 0.201 e. The summed E-state index contributed by atoms with van der Waals surface area (Å²) in [6.45, 7) is 3.41. The SMILES string of the molecule is Cc1cc(C)c(C#N)c(S(=O)(=O)Cc2ccc(Cl)cc2)n1. The lowest BCUT2D eigenvalue weighted by molar-refractivity contribution is 0.590. The van der Waals surface area contributed by atoms with Crippen LogP contribution >= 0.6 is 11.6 Å². The van der Waals surface area contributed by atoms with E-state index in [4.69, 9.17) is 11.6 Å². The third kappa shape index (κ3) is 3.41. The van der Waals surface area contributed by atoms with Crippen LogP contribution in [0.4, 0.5) is 0 Å². The molecule has 0 radical (unpaired) electrons. The van der Waals surface area contributed by atoms with Gasteiger partial charge in [-0.15, -0.1) is 0 Å². The Morgan fingerprint density at radius 3 is 2.43 bits per heavy atom. The van der Waals surface area contributed by atoms with Gasteiger partial charge in [0, 0.05) is 10.7 Å². The number of sulfone groups is 1. The molecule has 0 aliphatic rings. The number of nitrogens with zero attached hydrogens (tertiary/aromatic N) is 2. The summed E-state index contributed by atoms with van der Waals surface area (Å²) >= 11 is 5.78. The highest BCUT2D eigenvalue weighted by atomic mass is 35.5. The Morgan fingerprint density at radius 2 is 1.86 bits per heavy atom. The summed E-state index contributed by atoms with van der Waals surface area (Å²) < 4.78 is 25.0. The Hall–Kier alpha value is -1.90. The first-order chi connectivity index (χ1) is 9.83. The molecule has 0 spiro atoms. The summed E-state index contributed by atoms with van der Waals surface area (Å²) in [4.78, 5) is 4.05. The normalized spacial score (nSPS) is 11.1. The van der Waals surface area contributed by atoms with Crippen LogP contribution in [0.5, 0.6) is 0 Å². The zero-order valence-electron chi connectivity index (χ0n) is 11.6. The minimum Gasteiger partial charge on any atom is -0.240 e. The number of halogens is 1. The van der Waals surface area contributed by atoms with Crippen molar-refractivity contribution in [2.75, 3.05) is 0 Å². The van der Waals surface area contributed by atoms with Crippen molar-refractivity contribution in [2.24, 2.45) is 0 Å². The van der Waals surface area contributed by atoms with Crippen LogP contribution in [-0.2, 0) is 15.6 Å². The molecule has 2 rings (SSSR count). The fraction of sp³-hybridized carbons (Fsp3) is 0.200. The molecule has 4 nitrogen and oxygen atoms in total. The third-order valence-electron chi connectivity index (χ3n) is 2.99. The fourth-order valence-electron chi connectivity index (χ4n) is 2.03. The first kappa shape index (κ1) is 15.5. The third-order valence-corrected chi connectivity index (χ3v) is 4.84. The number of aryl methyl sites for hydroxylation is 2. The molecule has 0 amide bonds. The van der Waals surface area contributed by atoms with E-state index >= 15 is 0 Å². The molecule has 0 saturated carbocycles. The van der Waals surface area contributed by atoms with Crippen molar-refractivity contribution in [2.45, 2.75) is 24.6 Å². The van der Waals surface area contributed by atoms with Crippen LogP contribution in [-0.4, -0.2) is 13.4 Å². The van der Waals surface area contributed by atoms with Gasteiger partial charge in [0.1, 0.15) is 6.07 Å².